The molecule has 4 nitrogen and oxygen atoms in total. The van der Waals surface area contributed by atoms with E-state index in [0.29, 0.717) is 0 Å². The molecule has 0 N–H and O–H groups in total. The normalized spacial score (nSPS) is 13.1. The Morgan fingerprint density at radius 2 is 0.754 bits per heavy atom. The maximum Gasteiger partial charge on any atom is 0.0548 e. The van der Waals surface area contributed by atoms with Crippen molar-refractivity contribution in [2.45, 2.75) is 6.92 Å². The summed E-state index contributed by atoms with van der Waals surface area (Å²) in [5.41, 5.74) is 18.0. The minimum absolute atomic E-state index is 0.0809. The van der Waals surface area contributed by atoms with Gasteiger partial charge in [-0.2, -0.15) is 0 Å². The summed E-state index contributed by atoms with van der Waals surface area (Å²) < 4.78 is 14.6. The number of hydrogen-bond acceptors (Lipinski definition) is 0. The lowest BCUT2D eigenvalue weighted by Crippen LogP contribution is -1.96. The first-order chi connectivity index (χ1) is 32.2. The van der Waals surface area contributed by atoms with Crippen molar-refractivity contribution >= 4 is 118 Å². The SMILES string of the molecule is Cc1cccc(-n2c3ccccc3c3cc4c(cc32)c2ccc(-c3ccc5c6cc7c(cc6n(C6=CC=IC=C6)c5c3)c3ccccc3n7-c3ccccc3)cc2n4-c2ccccc2)c1. The number of fused-ring (bicyclic) bond motifs is 12. The van der Waals surface area contributed by atoms with E-state index in [4.69, 9.17) is 0 Å². The largest absolute Gasteiger partial charge is 0.309 e. The van der Waals surface area contributed by atoms with Crippen molar-refractivity contribution in [2.24, 2.45) is 0 Å². The second-order valence-corrected chi connectivity index (χ2v) is 19.4. The highest BCUT2D eigenvalue weighted by atomic mass is 127. The topological polar surface area (TPSA) is 19.7 Å². The van der Waals surface area contributed by atoms with E-state index < -0.39 is 0 Å². The summed E-state index contributed by atoms with van der Waals surface area (Å²) in [6.45, 7) is 2.17. The molecule has 1 aliphatic heterocycles. The number of benzene rings is 9. The Labute approximate surface area is 384 Å². The number of rotatable bonds is 5. The predicted molar refractivity (Wildman–Crippen MR) is 286 cm³/mol. The molecule has 0 unspecified atom stereocenters. The van der Waals surface area contributed by atoms with Crippen LogP contribution in [0.2, 0.25) is 0 Å². The number of hydrogen-bond donors (Lipinski definition) is 0. The lowest BCUT2D eigenvalue weighted by molar-refractivity contribution is 1.17. The third-order valence-electron chi connectivity index (χ3n) is 13.6. The fraction of sp³-hybridized carbons (Fsp3) is 0.0167. The van der Waals surface area contributed by atoms with E-state index in [9.17, 15) is 0 Å². The molecule has 14 rings (SSSR count). The Morgan fingerprint density at radius 1 is 0.323 bits per heavy atom. The van der Waals surface area contributed by atoms with Crippen LogP contribution in [0.4, 0.5) is 0 Å². The van der Waals surface area contributed by atoms with E-state index in [0.717, 1.165) is 5.69 Å². The minimum Gasteiger partial charge on any atom is -0.309 e. The van der Waals surface area contributed by atoms with Gasteiger partial charge in [0.15, 0.2) is 0 Å². The zero-order chi connectivity index (χ0) is 42.8. The number of halogens is 1. The Hall–Kier alpha value is -7.74. The summed E-state index contributed by atoms with van der Waals surface area (Å²) in [6, 6.07) is 72.1. The molecular formula is C60H39IN4. The summed E-state index contributed by atoms with van der Waals surface area (Å²) in [5.74, 6) is 0. The second kappa shape index (κ2) is 14.1. The Kier molecular flexibility index (Phi) is 7.98. The Morgan fingerprint density at radius 3 is 1.28 bits per heavy atom. The molecule has 9 aromatic carbocycles. The molecule has 0 bridgehead atoms. The van der Waals surface area contributed by atoms with Gasteiger partial charge < -0.3 is 18.3 Å². The van der Waals surface area contributed by atoms with E-state index in [1.54, 1.807) is 0 Å². The third kappa shape index (κ3) is 5.45. The van der Waals surface area contributed by atoms with Crippen LogP contribution in [0, 0.1) is 6.92 Å². The second-order valence-electron chi connectivity index (χ2n) is 17.3. The van der Waals surface area contributed by atoms with Gasteiger partial charge in [-0.3, -0.25) is 0 Å². The van der Waals surface area contributed by atoms with Crippen molar-refractivity contribution in [3.05, 3.63) is 216 Å². The predicted octanol–water partition coefficient (Wildman–Crippen LogP) is 16.2. The molecule has 1 aliphatic rings. The standard InChI is InChI=1S/C60H39IN4/c1-38-13-12-18-44(31-38)65-54-22-11-9-20-46(54)50-35-58-52(37-60(50)65)47-25-23-39(32-55(47)63(58)42-16-6-3-7-17-42)40-24-26-48-51-36-57-49(34-59(51)64(56(48)33-40)43-27-29-61-30-28-43)45-19-8-10-21-53(45)62(57)41-14-4-2-5-15-41/h2-37H,1H3. The summed E-state index contributed by atoms with van der Waals surface area (Å²) in [5, 5.41) is 10.00. The van der Waals surface area contributed by atoms with Crippen LogP contribution in [0.25, 0.3) is 121 Å². The van der Waals surface area contributed by atoms with E-state index in [1.165, 1.54) is 121 Å². The van der Waals surface area contributed by atoms with Gasteiger partial charge in [0.05, 0.1) is 44.1 Å². The fourth-order valence-corrected chi connectivity index (χ4v) is 12.2. The number of aryl methyl sites for hydroxylation is 1. The van der Waals surface area contributed by atoms with Crippen LogP contribution in [0.1, 0.15) is 5.56 Å². The van der Waals surface area contributed by atoms with Gasteiger partial charge >= 0.3 is 0 Å². The van der Waals surface area contributed by atoms with Crippen molar-refractivity contribution in [1.29, 1.82) is 0 Å². The summed E-state index contributed by atoms with van der Waals surface area (Å²) >= 11 is -0.0809. The van der Waals surface area contributed by atoms with Crippen molar-refractivity contribution in [3.8, 4) is 28.2 Å². The van der Waals surface area contributed by atoms with Gasteiger partial charge in [-0.05, 0) is 129 Å². The molecule has 0 saturated carbocycles. The van der Waals surface area contributed by atoms with Gasteiger partial charge in [0.1, 0.15) is 0 Å². The highest BCUT2D eigenvalue weighted by Gasteiger charge is 2.22. The van der Waals surface area contributed by atoms with E-state index in [2.05, 4.69) is 240 Å². The van der Waals surface area contributed by atoms with Gasteiger partial charge in [0, 0.05) is 65.8 Å². The quantitative estimate of drug-likeness (QED) is 0.153. The molecule has 0 saturated heterocycles. The smallest absolute Gasteiger partial charge is 0.0548 e. The molecule has 13 aromatic rings. The average Bonchev–Trinajstić information content (AvgIpc) is 4.07. The molecule has 5 heterocycles. The van der Waals surface area contributed by atoms with Crippen LogP contribution in [0.3, 0.4) is 0 Å². The van der Waals surface area contributed by atoms with Crippen molar-refractivity contribution in [1.82, 2.24) is 18.3 Å². The number of para-hydroxylation sites is 4. The van der Waals surface area contributed by atoms with Gasteiger partial charge in [0.2, 0.25) is 0 Å². The summed E-state index contributed by atoms with van der Waals surface area (Å²) in [7, 11) is 0. The maximum atomic E-state index is 2.50. The number of nitrogens with zero attached hydrogens (tertiary/aromatic N) is 4. The van der Waals surface area contributed by atoms with Crippen LogP contribution in [-0.4, -0.2) is 22.3 Å². The van der Waals surface area contributed by atoms with Crippen LogP contribution < -0.4 is 0 Å². The molecule has 4 aromatic heterocycles. The summed E-state index contributed by atoms with van der Waals surface area (Å²) in [4.78, 5) is 0. The lowest BCUT2D eigenvalue weighted by Gasteiger charge is -2.12. The molecule has 5 heteroatoms. The van der Waals surface area contributed by atoms with E-state index in [-0.39, 0.29) is 20.7 Å². The molecule has 0 amide bonds. The first-order valence-electron chi connectivity index (χ1n) is 22.2. The zero-order valence-electron chi connectivity index (χ0n) is 35.5. The molecular weight excluding hydrogens is 904 g/mol. The highest BCUT2D eigenvalue weighted by Crippen LogP contribution is 2.44. The molecule has 0 radical (unpaired) electrons. The Balaban J connectivity index is 1.02. The maximum absolute atomic E-state index is 2.50. The average molecular weight is 943 g/mol. The van der Waals surface area contributed by atoms with Crippen molar-refractivity contribution in [3.63, 3.8) is 0 Å². The first-order valence-corrected chi connectivity index (χ1v) is 24.7. The van der Waals surface area contributed by atoms with Gasteiger partial charge in [-0.1, -0.05) is 130 Å². The van der Waals surface area contributed by atoms with Crippen molar-refractivity contribution < 1.29 is 0 Å². The summed E-state index contributed by atoms with van der Waals surface area (Å²) in [6.07, 6.45) is 4.66. The van der Waals surface area contributed by atoms with Gasteiger partial charge in [-0.15, -0.1) is 0 Å². The number of aromatic nitrogens is 4. The van der Waals surface area contributed by atoms with Gasteiger partial charge in [0.25, 0.3) is 0 Å². The zero-order valence-corrected chi connectivity index (χ0v) is 37.6. The molecule has 0 spiro atoms. The molecule has 0 atom stereocenters. The lowest BCUT2D eigenvalue weighted by atomic mass is 10.0. The molecule has 0 fully saturated rings. The number of allylic oxidation sites excluding steroid dienone is 3. The van der Waals surface area contributed by atoms with Gasteiger partial charge in [-0.25, -0.2) is 0 Å². The van der Waals surface area contributed by atoms with Crippen LogP contribution in [0.15, 0.2) is 210 Å². The van der Waals surface area contributed by atoms with Crippen molar-refractivity contribution in [2.75, 3.05) is 0 Å². The molecule has 0 aliphatic carbocycles. The van der Waals surface area contributed by atoms with Crippen LogP contribution in [-0.2, 0) is 0 Å². The third-order valence-corrected chi connectivity index (χ3v) is 15.2. The monoisotopic (exact) mass is 942 g/mol. The molecule has 65 heavy (non-hydrogen) atoms. The molecule has 306 valence electrons. The van der Waals surface area contributed by atoms with E-state index in [1.807, 2.05) is 0 Å². The van der Waals surface area contributed by atoms with Crippen LogP contribution >= 0.6 is 20.7 Å². The van der Waals surface area contributed by atoms with E-state index >= 15 is 0 Å². The first kappa shape index (κ1) is 36.7. The Bertz CT molecular complexity index is 4230. The fourth-order valence-electron chi connectivity index (χ4n) is 10.8. The minimum atomic E-state index is -0.0809. The highest BCUT2D eigenvalue weighted by molar-refractivity contribution is 14.2. The van der Waals surface area contributed by atoms with Crippen LogP contribution in [0.5, 0.6) is 0 Å².